The number of phenols is 1. The van der Waals surface area contributed by atoms with E-state index in [1.54, 1.807) is 6.07 Å². The molecule has 1 saturated carbocycles. The summed E-state index contributed by atoms with van der Waals surface area (Å²) in [6, 6.07) is 3.63. The summed E-state index contributed by atoms with van der Waals surface area (Å²) in [5, 5.41) is 11.4. The Balaban J connectivity index is 1.75. The molecule has 0 aliphatic heterocycles. The number of phenolic OH excluding ortho intramolecular Hbond substituents is 1. The van der Waals surface area contributed by atoms with E-state index in [4.69, 9.17) is 13.8 Å². The Bertz CT molecular complexity index is 1170. The van der Waals surface area contributed by atoms with Gasteiger partial charge in [0, 0.05) is 11.5 Å². The maximum atomic E-state index is 13.8. The van der Waals surface area contributed by atoms with Crippen LogP contribution < -0.4 is 4.74 Å². The SMILES string of the molecule is C=C(C)[C@@H]1CCC(C)=C[C@H]1c1c(O)cc(CCCCC)cc1OC(=O)C1(OP(=O)(O)OCCCCCCCCCC)CCC1. The van der Waals surface area contributed by atoms with Crippen molar-refractivity contribution in [3.63, 3.8) is 0 Å². The van der Waals surface area contributed by atoms with Gasteiger partial charge in [0.15, 0.2) is 5.60 Å². The monoisotopic (exact) mass is 632 g/mol. The van der Waals surface area contributed by atoms with E-state index >= 15 is 0 Å². The predicted molar refractivity (Wildman–Crippen MR) is 177 cm³/mol. The quantitative estimate of drug-likeness (QED) is 0.0485. The third-order valence-corrected chi connectivity index (χ3v) is 10.3. The zero-order valence-corrected chi connectivity index (χ0v) is 28.6. The van der Waals surface area contributed by atoms with E-state index in [2.05, 4.69) is 33.4 Å². The molecule has 1 unspecified atom stereocenters. The largest absolute Gasteiger partial charge is 0.507 e. The Morgan fingerprint density at radius 2 is 1.66 bits per heavy atom. The number of hydrogen-bond acceptors (Lipinski definition) is 6. The van der Waals surface area contributed by atoms with Gasteiger partial charge in [-0.05, 0) is 88.8 Å². The number of rotatable bonds is 20. The second-order valence-electron chi connectivity index (χ2n) is 13.1. The minimum Gasteiger partial charge on any atom is -0.507 e. The molecule has 7 nitrogen and oxygen atoms in total. The highest BCUT2D eigenvalue weighted by Crippen LogP contribution is 2.54. The van der Waals surface area contributed by atoms with Crippen LogP contribution in [0.3, 0.4) is 0 Å². The lowest BCUT2D eigenvalue weighted by atomic mass is 9.73. The molecule has 44 heavy (non-hydrogen) atoms. The summed E-state index contributed by atoms with van der Waals surface area (Å²) >= 11 is 0. The molecule has 0 spiro atoms. The number of hydrogen-bond donors (Lipinski definition) is 2. The van der Waals surface area contributed by atoms with Crippen molar-refractivity contribution in [1.82, 2.24) is 0 Å². The summed E-state index contributed by atoms with van der Waals surface area (Å²) < 4.78 is 29.9. The molecule has 0 amide bonds. The maximum Gasteiger partial charge on any atom is 0.473 e. The van der Waals surface area contributed by atoms with Crippen molar-refractivity contribution >= 4 is 13.8 Å². The Hall–Kier alpha value is -1.92. The topological polar surface area (TPSA) is 102 Å². The summed E-state index contributed by atoms with van der Waals surface area (Å²) in [6.45, 7) is 12.7. The van der Waals surface area contributed by atoms with Gasteiger partial charge in [-0.15, -0.1) is 0 Å². The van der Waals surface area contributed by atoms with E-state index in [0.717, 1.165) is 68.9 Å². The zero-order chi connectivity index (χ0) is 32.2. The Kier molecular flexibility index (Phi) is 14.7. The molecule has 1 fully saturated rings. The van der Waals surface area contributed by atoms with Gasteiger partial charge >= 0.3 is 13.8 Å². The molecule has 2 aliphatic carbocycles. The van der Waals surface area contributed by atoms with Gasteiger partial charge in [0.2, 0.25) is 0 Å². The average Bonchev–Trinajstić information content (AvgIpc) is 2.94. The number of esters is 1. The van der Waals surface area contributed by atoms with E-state index < -0.39 is 19.4 Å². The molecule has 0 aromatic heterocycles. The molecule has 0 bridgehead atoms. The lowest BCUT2D eigenvalue weighted by Gasteiger charge is -2.39. The molecule has 8 heteroatoms. The molecule has 1 aromatic carbocycles. The van der Waals surface area contributed by atoms with Crippen LogP contribution in [0.5, 0.6) is 11.5 Å². The molecule has 1 aromatic rings. The van der Waals surface area contributed by atoms with E-state index in [0.29, 0.717) is 18.4 Å². The normalized spacial score (nSPS) is 20.8. The Labute approximate surface area is 266 Å². The number of carbonyl (C=O) groups is 1. The zero-order valence-electron chi connectivity index (χ0n) is 27.7. The smallest absolute Gasteiger partial charge is 0.473 e. The molecule has 2 N–H and O–H groups in total. The first-order valence-corrected chi connectivity index (χ1v) is 18.6. The molecule has 0 radical (unpaired) electrons. The van der Waals surface area contributed by atoms with Gasteiger partial charge in [-0.3, -0.25) is 9.05 Å². The first-order chi connectivity index (χ1) is 21.0. The van der Waals surface area contributed by atoms with Crippen molar-refractivity contribution in [1.29, 1.82) is 0 Å². The van der Waals surface area contributed by atoms with E-state index in [1.165, 1.54) is 31.3 Å². The van der Waals surface area contributed by atoms with Crippen LogP contribution in [0.1, 0.15) is 147 Å². The summed E-state index contributed by atoms with van der Waals surface area (Å²) in [4.78, 5) is 24.3. The number of unbranched alkanes of at least 4 members (excludes halogenated alkanes) is 9. The molecule has 0 saturated heterocycles. The number of phosphoric ester groups is 1. The van der Waals surface area contributed by atoms with E-state index in [9.17, 15) is 19.4 Å². The second-order valence-corrected chi connectivity index (χ2v) is 14.5. The summed E-state index contributed by atoms with van der Waals surface area (Å²) in [5.74, 6) is -0.459. The Morgan fingerprint density at radius 3 is 2.27 bits per heavy atom. The van der Waals surface area contributed by atoms with Gasteiger partial charge in [-0.25, -0.2) is 9.36 Å². The van der Waals surface area contributed by atoms with Crippen LogP contribution in [0.2, 0.25) is 0 Å². The fraction of sp³-hybridized carbons (Fsp3) is 0.694. The molecule has 3 atom stereocenters. The first kappa shape index (κ1) is 36.5. The summed E-state index contributed by atoms with van der Waals surface area (Å²) in [5.41, 5.74) is 2.11. The third-order valence-electron chi connectivity index (χ3n) is 9.24. The molecular weight excluding hydrogens is 575 g/mol. The Morgan fingerprint density at radius 1 is 1.02 bits per heavy atom. The van der Waals surface area contributed by atoms with Crippen molar-refractivity contribution in [2.45, 2.75) is 148 Å². The van der Waals surface area contributed by atoms with Gasteiger partial charge in [0.25, 0.3) is 0 Å². The van der Waals surface area contributed by atoms with Gasteiger partial charge in [-0.2, -0.15) is 0 Å². The minimum absolute atomic E-state index is 0.0873. The fourth-order valence-electron chi connectivity index (χ4n) is 6.40. The number of phosphoric acid groups is 1. The third kappa shape index (κ3) is 10.6. The van der Waals surface area contributed by atoms with E-state index in [1.807, 2.05) is 13.0 Å². The molecular formula is C36H57O7P. The number of aryl methyl sites for hydroxylation is 1. The number of allylic oxidation sites excluding steroid dienone is 3. The predicted octanol–water partition coefficient (Wildman–Crippen LogP) is 10.2. The molecule has 0 heterocycles. The lowest BCUT2D eigenvalue weighted by molar-refractivity contribution is -0.162. The van der Waals surface area contributed by atoms with Crippen molar-refractivity contribution in [2.24, 2.45) is 5.92 Å². The van der Waals surface area contributed by atoms with Crippen LogP contribution in [0, 0.1) is 5.92 Å². The highest BCUT2D eigenvalue weighted by Gasteiger charge is 2.52. The van der Waals surface area contributed by atoms with Gasteiger partial charge < -0.3 is 14.7 Å². The van der Waals surface area contributed by atoms with Crippen molar-refractivity contribution < 1.29 is 33.1 Å². The van der Waals surface area contributed by atoms with E-state index in [-0.39, 0.29) is 42.8 Å². The number of aromatic hydroxyl groups is 1. The van der Waals surface area contributed by atoms with Crippen LogP contribution in [0.15, 0.2) is 35.9 Å². The minimum atomic E-state index is -4.49. The van der Waals surface area contributed by atoms with Gasteiger partial charge in [0.05, 0.1) is 6.61 Å². The van der Waals surface area contributed by atoms with Crippen LogP contribution >= 0.6 is 7.82 Å². The molecule has 3 rings (SSSR count). The highest BCUT2D eigenvalue weighted by molar-refractivity contribution is 7.47. The number of ether oxygens (including phenoxy) is 1. The average molecular weight is 633 g/mol. The van der Waals surface area contributed by atoms with Gasteiger partial charge in [0.1, 0.15) is 11.5 Å². The van der Waals surface area contributed by atoms with Crippen molar-refractivity contribution in [2.75, 3.05) is 6.61 Å². The number of carbonyl (C=O) groups excluding carboxylic acids is 1. The van der Waals surface area contributed by atoms with Gasteiger partial charge in [-0.1, -0.05) is 95.4 Å². The summed E-state index contributed by atoms with van der Waals surface area (Å²) in [7, 11) is -4.49. The fourth-order valence-corrected chi connectivity index (χ4v) is 7.51. The highest BCUT2D eigenvalue weighted by atomic mass is 31.2. The standard InChI is InChI=1S/C36H57O7P/c1-6-8-10-11-12-13-14-16-23-41-44(39,40)43-36(21-17-22-36)35(38)42-33-26-29(18-15-9-7-2)25-32(37)34(33)31-24-28(5)19-20-30(31)27(3)4/h24-26,30-31,37H,3,6-23H2,1-2,4-5H3,(H,39,40)/t30-,31+/m0/s1. The first-order valence-electron chi connectivity index (χ1n) is 17.1. The molecule has 248 valence electrons. The van der Waals surface area contributed by atoms with Crippen LogP contribution in [-0.4, -0.2) is 28.2 Å². The van der Waals surface area contributed by atoms with Crippen molar-refractivity contribution in [3.05, 3.63) is 47.1 Å². The lowest BCUT2D eigenvalue weighted by Crippen LogP contribution is -2.49. The van der Waals surface area contributed by atoms with Crippen LogP contribution in [0.25, 0.3) is 0 Å². The molecule has 2 aliphatic rings. The van der Waals surface area contributed by atoms with Crippen LogP contribution in [0.4, 0.5) is 0 Å². The van der Waals surface area contributed by atoms with Crippen molar-refractivity contribution in [3.8, 4) is 11.5 Å². The summed E-state index contributed by atoms with van der Waals surface area (Å²) in [6.07, 6.45) is 17.8. The van der Waals surface area contributed by atoms with Crippen LogP contribution in [-0.2, 0) is 24.8 Å². The number of benzene rings is 1. The second kappa shape index (κ2) is 17.7. The maximum absolute atomic E-state index is 13.8.